The lowest BCUT2D eigenvalue weighted by atomic mass is 10.00. The molecule has 0 fully saturated rings. The quantitative estimate of drug-likeness (QED) is 0.832. The van der Waals surface area contributed by atoms with Gasteiger partial charge in [-0.2, -0.15) is 0 Å². The highest BCUT2D eigenvalue weighted by Gasteiger charge is 2.08. The Hall–Kier alpha value is -2.03. The molecular weight excluding hydrogens is 192 g/mol. The summed E-state index contributed by atoms with van der Waals surface area (Å²) in [6.45, 7) is 0. The molecule has 3 heteroatoms. The van der Waals surface area contributed by atoms with Gasteiger partial charge in [0.25, 0.3) is 0 Å². The second-order valence-corrected chi connectivity index (χ2v) is 3.24. The first-order valence-corrected chi connectivity index (χ1v) is 4.59. The van der Waals surface area contributed by atoms with Crippen molar-refractivity contribution in [2.45, 2.75) is 6.42 Å². The van der Waals surface area contributed by atoms with Gasteiger partial charge in [0.1, 0.15) is 0 Å². The summed E-state index contributed by atoms with van der Waals surface area (Å²) in [5, 5.41) is 8.77. The maximum atomic E-state index is 10.7. The number of carboxylic acids is 1. The molecule has 2 aromatic rings. The minimum Gasteiger partial charge on any atom is -0.481 e. The predicted octanol–water partition coefficient (Wildman–Crippen LogP) is 2.57. The Balaban J connectivity index is 2.42. The Kier molecular flexibility index (Phi) is 2.54. The third-order valence-electron chi connectivity index (χ3n) is 2.19. The van der Waals surface area contributed by atoms with Gasteiger partial charge in [0.2, 0.25) is 0 Å². The van der Waals surface area contributed by atoms with Crippen LogP contribution in [0.15, 0.2) is 47.3 Å². The largest absolute Gasteiger partial charge is 0.481 e. The Labute approximate surface area is 87.0 Å². The van der Waals surface area contributed by atoms with Gasteiger partial charge in [-0.25, -0.2) is 0 Å². The first kappa shape index (κ1) is 9.52. The monoisotopic (exact) mass is 202 g/mol. The number of carboxylic acid groups (broad SMARTS) is 1. The molecule has 0 radical (unpaired) electrons. The highest BCUT2D eigenvalue weighted by atomic mass is 16.4. The lowest BCUT2D eigenvalue weighted by Crippen LogP contribution is -2.01. The Morgan fingerprint density at radius 3 is 2.73 bits per heavy atom. The zero-order valence-corrected chi connectivity index (χ0v) is 8.01. The molecule has 2 rings (SSSR count). The average Bonchev–Trinajstić information content (AvgIpc) is 2.70. The molecule has 0 aliphatic rings. The minimum absolute atomic E-state index is 0.0291. The minimum atomic E-state index is -0.828. The fourth-order valence-corrected chi connectivity index (χ4v) is 1.54. The zero-order chi connectivity index (χ0) is 10.7. The van der Waals surface area contributed by atoms with Crippen LogP contribution in [-0.4, -0.2) is 11.1 Å². The molecule has 0 aliphatic heterocycles. The lowest BCUT2D eigenvalue weighted by molar-refractivity contribution is -0.136. The molecule has 0 amide bonds. The SMILES string of the molecule is O=C(O)Cc1ccccc1-c1ccoc1. The highest BCUT2D eigenvalue weighted by molar-refractivity contribution is 5.76. The number of aliphatic carboxylic acids is 1. The van der Waals surface area contributed by atoms with Gasteiger partial charge in [0.15, 0.2) is 0 Å². The highest BCUT2D eigenvalue weighted by Crippen LogP contribution is 2.24. The number of carbonyl (C=O) groups is 1. The van der Waals surface area contributed by atoms with Crippen LogP contribution in [0, 0.1) is 0 Å². The summed E-state index contributed by atoms with van der Waals surface area (Å²) in [6.07, 6.45) is 3.22. The van der Waals surface area contributed by atoms with E-state index in [1.165, 1.54) is 0 Å². The molecule has 0 aliphatic carbocycles. The average molecular weight is 202 g/mol. The molecule has 15 heavy (non-hydrogen) atoms. The standard InChI is InChI=1S/C12H10O3/c13-12(14)7-9-3-1-2-4-11(9)10-5-6-15-8-10/h1-6,8H,7H2,(H,13,14). The second-order valence-electron chi connectivity index (χ2n) is 3.24. The summed E-state index contributed by atoms with van der Waals surface area (Å²) in [5.41, 5.74) is 2.62. The van der Waals surface area contributed by atoms with Crippen molar-refractivity contribution < 1.29 is 14.3 Å². The molecule has 1 aromatic carbocycles. The Morgan fingerprint density at radius 1 is 1.27 bits per heavy atom. The van der Waals surface area contributed by atoms with E-state index in [0.29, 0.717) is 0 Å². The normalized spacial score (nSPS) is 10.1. The van der Waals surface area contributed by atoms with Crippen LogP contribution in [0.5, 0.6) is 0 Å². The van der Waals surface area contributed by atoms with Gasteiger partial charge in [0, 0.05) is 5.56 Å². The molecule has 1 aromatic heterocycles. The van der Waals surface area contributed by atoms with Gasteiger partial charge in [-0.05, 0) is 17.2 Å². The maximum Gasteiger partial charge on any atom is 0.307 e. The second kappa shape index (κ2) is 4.00. The van der Waals surface area contributed by atoms with E-state index < -0.39 is 5.97 Å². The molecular formula is C12H10O3. The summed E-state index contributed by atoms with van der Waals surface area (Å²) >= 11 is 0. The van der Waals surface area contributed by atoms with E-state index in [1.807, 2.05) is 30.3 Å². The van der Waals surface area contributed by atoms with Crippen LogP contribution in [0.25, 0.3) is 11.1 Å². The number of rotatable bonds is 3. The predicted molar refractivity (Wildman–Crippen MR) is 55.5 cm³/mol. The van der Waals surface area contributed by atoms with Gasteiger partial charge in [-0.15, -0.1) is 0 Å². The van der Waals surface area contributed by atoms with E-state index in [0.717, 1.165) is 16.7 Å². The van der Waals surface area contributed by atoms with E-state index >= 15 is 0 Å². The maximum absolute atomic E-state index is 10.7. The molecule has 1 heterocycles. The lowest BCUT2D eigenvalue weighted by Gasteiger charge is -2.04. The summed E-state index contributed by atoms with van der Waals surface area (Å²) < 4.78 is 4.98. The first-order chi connectivity index (χ1) is 7.27. The van der Waals surface area contributed by atoms with Crippen molar-refractivity contribution in [2.75, 3.05) is 0 Å². The fraction of sp³-hybridized carbons (Fsp3) is 0.0833. The van der Waals surface area contributed by atoms with Crippen molar-refractivity contribution in [3.63, 3.8) is 0 Å². The fourth-order valence-electron chi connectivity index (χ4n) is 1.54. The van der Waals surface area contributed by atoms with Crippen LogP contribution in [0.3, 0.4) is 0 Å². The zero-order valence-electron chi connectivity index (χ0n) is 8.01. The van der Waals surface area contributed by atoms with Crippen LogP contribution >= 0.6 is 0 Å². The van der Waals surface area contributed by atoms with Gasteiger partial charge < -0.3 is 9.52 Å². The number of hydrogen-bond donors (Lipinski definition) is 1. The third kappa shape index (κ3) is 2.07. The smallest absolute Gasteiger partial charge is 0.307 e. The van der Waals surface area contributed by atoms with Crippen LogP contribution in [0.4, 0.5) is 0 Å². The molecule has 0 bridgehead atoms. The van der Waals surface area contributed by atoms with Crippen LogP contribution in [0.1, 0.15) is 5.56 Å². The summed E-state index contributed by atoms with van der Waals surface area (Å²) in [4.78, 5) is 10.7. The summed E-state index contributed by atoms with van der Waals surface area (Å²) in [5.74, 6) is -0.828. The van der Waals surface area contributed by atoms with Crippen molar-refractivity contribution in [2.24, 2.45) is 0 Å². The van der Waals surface area contributed by atoms with E-state index in [9.17, 15) is 4.79 Å². The van der Waals surface area contributed by atoms with Crippen molar-refractivity contribution >= 4 is 5.97 Å². The van der Waals surface area contributed by atoms with Crippen molar-refractivity contribution in [1.82, 2.24) is 0 Å². The molecule has 0 spiro atoms. The number of benzene rings is 1. The molecule has 0 unspecified atom stereocenters. The van der Waals surface area contributed by atoms with E-state index in [2.05, 4.69) is 0 Å². The van der Waals surface area contributed by atoms with Gasteiger partial charge in [0.05, 0.1) is 18.9 Å². The topological polar surface area (TPSA) is 50.4 Å². The van der Waals surface area contributed by atoms with Crippen LogP contribution in [0.2, 0.25) is 0 Å². The third-order valence-corrected chi connectivity index (χ3v) is 2.19. The van der Waals surface area contributed by atoms with Crippen LogP contribution < -0.4 is 0 Å². The van der Waals surface area contributed by atoms with E-state index in [1.54, 1.807) is 12.5 Å². The summed E-state index contributed by atoms with van der Waals surface area (Å²) in [7, 11) is 0. The van der Waals surface area contributed by atoms with Crippen molar-refractivity contribution in [1.29, 1.82) is 0 Å². The molecule has 1 N–H and O–H groups in total. The molecule has 0 saturated heterocycles. The summed E-state index contributed by atoms with van der Waals surface area (Å²) in [6, 6.07) is 9.25. The van der Waals surface area contributed by atoms with Crippen molar-refractivity contribution in [3.8, 4) is 11.1 Å². The molecule has 3 nitrogen and oxygen atoms in total. The molecule has 0 saturated carbocycles. The number of hydrogen-bond acceptors (Lipinski definition) is 2. The van der Waals surface area contributed by atoms with Crippen molar-refractivity contribution in [3.05, 3.63) is 48.4 Å². The van der Waals surface area contributed by atoms with Crippen LogP contribution in [-0.2, 0) is 11.2 Å². The van der Waals surface area contributed by atoms with Gasteiger partial charge in [-0.1, -0.05) is 24.3 Å². The molecule has 0 atom stereocenters. The van der Waals surface area contributed by atoms with Gasteiger partial charge >= 0.3 is 5.97 Å². The van der Waals surface area contributed by atoms with Gasteiger partial charge in [-0.3, -0.25) is 4.79 Å². The van der Waals surface area contributed by atoms with E-state index in [-0.39, 0.29) is 6.42 Å². The van der Waals surface area contributed by atoms with E-state index in [4.69, 9.17) is 9.52 Å². The Bertz CT molecular complexity index is 457. The number of furan rings is 1. The Morgan fingerprint density at radius 2 is 2.07 bits per heavy atom. The molecule has 76 valence electrons. The first-order valence-electron chi connectivity index (χ1n) is 4.59.